The summed E-state index contributed by atoms with van der Waals surface area (Å²) in [5.74, 6) is 0.989. The molecule has 0 atom stereocenters. The van der Waals surface area contributed by atoms with Gasteiger partial charge in [0.2, 0.25) is 0 Å². The number of aliphatic imine (C=N–C) groups is 1. The van der Waals surface area contributed by atoms with Crippen LogP contribution in [0, 0.1) is 6.92 Å². The van der Waals surface area contributed by atoms with E-state index in [1.807, 2.05) is 6.07 Å². The maximum atomic E-state index is 12.5. The van der Waals surface area contributed by atoms with E-state index in [4.69, 9.17) is 4.74 Å². The number of aryl methyl sites for hydroxylation is 1. The summed E-state index contributed by atoms with van der Waals surface area (Å²) in [6.07, 6.45) is 0.620. The number of nitrogens with one attached hydrogen (secondary N) is 2. The second-order valence-corrected chi connectivity index (χ2v) is 5.95. The summed E-state index contributed by atoms with van der Waals surface area (Å²) >= 11 is 0. The topological polar surface area (TPSA) is 54.9 Å². The number of hydrogen-bond acceptors (Lipinski definition) is 3. The lowest BCUT2D eigenvalue weighted by molar-refractivity contribution is -0.0512. The molecule has 0 saturated carbocycles. The lowest BCUT2D eigenvalue weighted by atomic mass is 10.1. The lowest BCUT2D eigenvalue weighted by Gasteiger charge is -2.14. The molecule has 2 rings (SSSR count). The molecule has 146 valence electrons. The Labute approximate surface area is 158 Å². The number of benzene rings is 2. The molecule has 27 heavy (non-hydrogen) atoms. The van der Waals surface area contributed by atoms with Gasteiger partial charge in [-0.1, -0.05) is 35.9 Å². The van der Waals surface area contributed by atoms with E-state index < -0.39 is 6.61 Å². The Kier molecular flexibility index (Phi) is 7.85. The minimum atomic E-state index is -2.89. The summed E-state index contributed by atoms with van der Waals surface area (Å²) in [5, 5.41) is 6.45. The average Bonchev–Trinajstić information content (AvgIpc) is 2.65. The fourth-order valence-electron chi connectivity index (χ4n) is 2.50. The van der Waals surface area contributed by atoms with E-state index in [1.165, 1.54) is 12.7 Å². The van der Waals surface area contributed by atoms with Crippen molar-refractivity contribution in [2.45, 2.75) is 26.5 Å². The fourth-order valence-corrected chi connectivity index (χ4v) is 2.50. The van der Waals surface area contributed by atoms with Crippen molar-refractivity contribution in [2.24, 2.45) is 4.99 Å². The molecule has 0 unspecified atom stereocenters. The quantitative estimate of drug-likeness (QED) is 0.546. The second-order valence-electron chi connectivity index (χ2n) is 5.95. The minimum absolute atomic E-state index is 0.0341. The molecular weight excluding hydrogens is 352 g/mol. The third kappa shape index (κ3) is 6.77. The van der Waals surface area contributed by atoms with E-state index in [-0.39, 0.29) is 11.5 Å². The maximum absolute atomic E-state index is 12.5. The Balaban J connectivity index is 1.85. The van der Waals surface area contributed by atoms with E-state index in [2.05, 4.69) is 51.6 Å². The van der Waals surface area contributed by atoms with Crippen LogP contribution in [0.3, 0.4) is 0 Å². The zero-order chi connectivity index (χ0) is 19.6. The molecule has 0 aliphatic rings. The van der Waals surface area contributed by atoms with Gasteiger partial charge in [-0.15, -0.1) is 0 Å². The van der Waals surface area contributed by atoms with Gasteiger partial charge < -0.3 is 20.1 Å². The Bertz CT molecular complexity index is 749. The molecule has 2 aromatic carbocycles. The van der Waals surface area contributed by atoms with Crippen molar-refractivity contribution < 1.29 is 18.3 Å². The highest BCUT2D eigenvalue weighted by atomic mass is 19.3. The van der Waals surface area contributed by atoms with E-state index in [0.29, 0.717) is 25.5 Å². The van der Waals surface area contributed by atoms with Gasteiger partial charge in [0.05, 0.1) is 7.11 Å². The van der Waals surface area contributed by atoms with Gasteiger partial charge in [-0.25, -0.2) is 0 Å². The van der Waals surface area contributed by atoms with E-state index in [1.54, 1.807) is 19.2 Å². The molecule has 7 heteroatoms. The number of halogens is 2. The molecule has 0 aromatic heterocycles. The summed E-state index contributed by atoms with van der Waals surface area (Å²) in [7, 11) is 3.12. The van der Waals surface area contributed by atoms with Crippen molar-refractivity contribution in [3.8, 4) is 11.5 Å². The van der Waals surface area contributed by atoms with E-state index >= 15 is 0 Å². The number of methoxy groups -OCH3 is 1. The average molecular weight is 377 g/mol. The molecule has 0 heterocycles. The van der Waals surface area contributed by atoms with Crippen LogP contribution < -0.4 is 20.1 Å². The summed E-state index contributed by atoms with van der Waals surface area (Å²) in [5.41, 5.74) is 3.23. The van der Waals surface area contributed by atoms with Crippen molar-refractivity contribution >= 4 is 5.96 Å². The fraction of sp³-hybridized carbons (Fsp3) is 0.350. The van der Waals surface area contributed by atoms with Crippen LogP contribution in [0.5, 0.6) is 11.5 Å². The molecule has 5 nitrogen and oxygen atoms in total. The van der Waals surface area contributed by atoms with Crippen molar-refractivity contribution in [3.05, 3.63) is 59.2 Å². The van der Waals surface area contributed by atoms with Gasteiger partial charge >= 0.3 is 6.61 Å². The molecule has 0 saturated heterocycles. The van der Waals surface area contributed by atoms with Gasteiger partial charge in [-0.3, -0.25) is 4.99 Å². The van der Waals surface area contributed by atoms with Gasteiger partial charge in [0, 0.05) is 20.1 Å². The molecule has 0 spiro atoms. The monoisotopic (exact) mass is 377 g/mol. The van der Waals surface area contributed by atoms with Crippen LogP contribution in [0.1, 0.15) is 16.7 Å². The third-order valence-corrected chi connectivity index (χ3v) is 3.95. The molecule has 0 amide bonds. The zero-order valence-corrected chi connectivity index (χ0v) is 15.8. The number of hydrogen-bond donors (Lipinski definition) is 2. The van der Waals surface area contributed by atoms with Crippen LogP contribution in [-0.2, 0) is 13.0 Å². The third-order valence-electron chi connectivity index (χ3n) is 3.95. The number of rotatable bonds is 8. The Morgan fingerprint density at radius 2 is 1.74 bits per heavy atom. The van der Waals surface area contributed by atoms with Crippen molar-refractivity contribution in [2.75, 3.05) is 20.7 Å². The summed E-state index contributed by atoms with van der Waals surface area (Å²) in [4.78, 5) is 4.19. The molecule has 0 aliphatic heterocycles. The summed E-state index contributed by atoms with van der Waals surface area (Å²) < 4.78 is 34.6. The van der Waals surface area contributed by atoms with Crippen LogP contribution in [0.4, 0.5) is 8.78 Å². The zero-order valence-electron chi connectivity index (χ0n) is 15.8. The van der Waals surface area contributed by atoms with Crippen LogP contribution in [0.25, 0.3) is 0 Å². The number of nitrogens with zero attached hydrogens (tertiary/aromatic N) is 1. The largest absolute Gasteiger partial charge is 0.493 e. The SMILES string of the molecule is CN=C(NCCc1ccc(OC)c(OC(F)F)c1)NCc1ccc(C)cc1. The summed E-state index contributed by atoms with van der Waals surface area (Å²) in [6.45, 7) is 0.411. The Morgan fingerprint density at radius 3 is 2.37 bits per heavy atom. The standard InChI is InChI=1S/C20H25F2N3O2/c1-14-4-6-16(7-5-14)13-25-20(23-2)24-11-10-15-8-9-17(26-3)18(12-15)27-19(21)22/h4-9,12,19H,10-11,13H2,1-3H3,(H2,23,24,25). The predicted molar refractivity (Wildman–Crippen MR) is 103 cm³/mol. The van der Waals surface area contributed by atoms with Gasteiger partial charge in [-0.05, 0) is 36.6 Å². The number of ether oxygens (including phenoxy) is 2. The first-order valence-electron chi connectivity index (χ1n) is 8.63. The first-order chi connectivity index (χ1) is 13.0. The highest BCUT2D eigenvalue weighted by Gasteiger charge is 2.11. The second kappa shape index (κ2) is 10.4. The molecule has 0 aliphatic carbocycles. The first kappa shape index (κ1) is 20.5. The van der Waals surface area contributed by atoms with E-state index in [9.17, 15) is 8.78 Å². The smallest absolute Gasteiger partial charge is 0.387 e. The normalized spacial score (nSPS) is 11.4. The van der Waals surface area contributed by atoms with Crippen LogP contribution in [-0.4, -0.2) is 33.3 Å². The Morgan fingerprint density at radius 1 is 1.04 bits per heavy atom. The number of alkyl halides is 2. The molecule has 0 radical (unpaired) electrons. The van der Waals surface area contributed by atoms with Crippen LogP contribution in [0.2, 0.25) is 0 Å². The number of guanidine groups is 1. The van der Waals surface area contributed by atoms with Crippen LogP contribution in [0.15, 0.2) is 47.5 Å². The highest BCUT2D eigenvalue weighted by molar-refractivity contribution is 5.79. The van der Waals surface area contributed by atoms with Crippen molar-refractivity contribution in [1.82, 2.24) is 10.6 Å². The maximum Gasteiger partial charge on any atom is 0.387 e. The molecular formula is C20H25F2N3O2. The molecule has 0 bridgehead atoms. The van der Waals surface area contributed by atoms with Gasteiger partial charge in [-0.2, -0.15) is 8.78 Å². The Hall–Kier alpha value is -2.83. The minimum Gasteiger partial charge on any atom is -0.493 e. The van der Waals surface area contributed by atoms with Gasteiger partial charge in [0.25, 0.3) is 0 Å². The van der Waals surface area contributed by atoms with E-state index in [0.717, 1.165) is 11.1 Å². The first-order valence-corrected chi connectivity index (χ1v) is 8.63. The van der Waals surface area contributed by atoms with Gasteiger partial charge in [0.15, 0.2) is 17.5 Å². The summed E-state index contributed by atoms with van der Waals surface area (Å²) in [6, 6.07) is 13.3. The van der Waals surface area contributed by atoms with Crippen molar-refractivity contribution in [1.29, 1.82) is 0 Å². The molecule has 2 aromatic rings. The van der Waals surface area contributed by atoms with Crippen molar-refractivity contribution in [3.63, 3.8) is 0 Å². The predicted octanol–water partition coefficient (Wildman–Crippen LogP) is 3.51. The highest BCUT2D eigenvalue weighted by Crippen LogP contribution is 2.29. The molecule has 2 N–H and O–H groups in total. The lowest BCUT2D eigenvalue weighted by Crippen LogP contribution is -2.37. The van der Waals surface area contributed by atoms with Gasteiger partial charge in [0.1, 0.15) is 0 Å². The molecule has 0 fully saturated rings. The van der Waals surface area contributed by atoms with Crippen LogP contribution >= 0.6 is 0 Å².